The van der Waals surface area contributed by atoms with Gasteiger partial charge in [-0.1, -0.05) is 36.4 Å². The summed E-state index contributed by atoms with van der Waals surface area (Å²) in [5.41, 5.74) is 2.83. The van der Waals surface area contributed by atoms with Crippen molar-refractivity contribution in [1.29, 1.82) is 0 Å². The quantitative estimate of drug-likeness (QED) is 0.659. The van der Waals surface area contributed by atoms with Crippen LogP contribution in [0.5, 0.6) is 0 Å². The molecule has 3 aliphatic rings. The highest BCUT2D eigenvalue weighted by Gasteiger charge is 2.39. The molecule has 0 radical (unpaired) electrons. The van der Waals surface area contributed by atoms with Crippen LogP contribution in [0.4, 0.5) is 8.78 Å². The summed E-state index contributed by atoms with van der Waals surface area (Å²) in [6.45, 7) is 6.50. The average Bonchev–Trinajstić information content (AvgIpc) is 2.85. The van der Waals surface area contributed by atoms with E-state index in [1.807, 2.05) is 18.2 Å². The van der Waals surface area contributed by atoms with Crippen molar-refractivity contribution in [3.63, 3.8) is 0 Å². The number of hydrogen-bond donors (Lipinski definition) is 1. The van der Waals surface area contributed by atoms with Gasteiger partial charge in [-0.15, -0.1) is 0 Å². The van der Waals surface area contributed by atoms with Gasteiger partial charge >= 0.3 is 0 Å². The Bertz CT molecular complexity index is 1120. The normalized spacial score (nSPS) is 25.1. The maximum absolute atomic E-state index is 14.8. The number of ether oxygens (including phenoxy) is 1. The molecular formula is C26H28F2N4OS. The molecule has 0 saturated carbocycles. The summed E-state index contributed by atoms with van der Waals surface area (Å²) in [5, 5.41) is 3.58. The molecule has 2 saturated heterocycles. The Morgan fingerprint density at radius 2 is 1.71 bits per heavy atom. The lowest BCUT2D eigenvalue weighted by atomic mass is 9.80. The molecule has 2 unspecified atom stereocenters. The van der Waals surface area contributed by atoms with Gasteiger partial charge in [-0.05, 0) is 36.0 Å². The summed E-state index contributed by atoms with van der Waals surface area (Å²) in [7, 11) is 0. The van der Waals surface area contributed by atoms with Crippen LogP contribution in [0.2, 0.25) is 0 Å². The number of thiocarbonyl (C=S) groups is 1. The maximum Gasteiger partial charge on any atom is 0.193 e. The molecular weight excluding hydrogens is 454 g/mol. The number of rotatable bonds is 5. The highest BCUT2D eigenvalue weighted by atomic mass is 32.1. The van der Waals surface area contributed by atoms with Crippen LogP contribution in [-0.4, -0.2) is 73.1 Å². The van der Waals surface area contributed by atoms with Gasteiger partial charge in [0, 0.05) is 56.3 Å². The van der Waals surface area contributed by atoms with E-state index in [0.717, 1.165) is 50.7 Å². The Morgan fingerprint density at radius 1 is 1.00 bits per heavy atom. The van der Waals surface area contributed by atoms with Crippen molar-refractivity contribution in [3.05, 3.63) is 76.9 Å². The molecule has 34 heavy (non-hydrogen) atoms. The van der Waals surface area contributed by atoms with Gasteiger partial charge in [0.25, 0.3) is 0 Å². The molecule has 3 heterocycles. The Labute approximate surface area is 204 Å². The number of benzene rings is 2. The first-order chi connectivity index (χ1) is 16.6. The molecule has 178 valence electrons. The zero-order chi connectivity index (χ0) is 23.5. The van der Waals surface area contributed by atoms with Gasteiger partial charge in [-0.3, -0.25) is 9.80 Å². The smallest absolute Gasteiger partial charge is 0.193 e. The molecule has 0 aliphatic carbocycles. The molecule has 0 spiro atoms. The fourth-order valence-electron chi connectivity index (χ4n) is 4.98. The fraction of sp³-hybridized carbons (Fsp3) is 0.385. The predicted octanol–water partition coefficient (Wildman–Crippen LogP) is 3.68. The van der Waals surface area contributed by atoms with E-state index in [1.54, 1.807) is 24.3 Å². The number of nitrogens with zero attached hydrogens (tertiary/aromatic N) is 3. The second-order valence-electron chi connectivity index (χ2n) is 8.93. The minimum Gasteiger partial charge on any atom is -0.379 e. The SMILES string of the molecule is Fc1ccccc1/C=C1\CN(CCN2CCOCC2)CC2C1=NC(=S)NC2c1ccccc1F. The van der Waals surface area contributed by atoms with Crippen LogP contribution in [0.3, 0.4) is 0 Å². The molecule has 0 aromatic heterocycles. The van der Waals surface area contributed by atoms with E-state index in [0.29, 0.717) is 29.3 Å². The van der Waals surface area contributed by atoms with Crippen LogP contribution < -0.4 is 5.32 Å². The highest BCUT2D eigenvalue weighted by Crippen LogP contribution is 2.35. The minimum atomic E-state index is -0.337. The van der Waals surface area contributed by atoms with Crippen molar-refractivity contribution >= 4 is 29.1 Å². The van der Waals surface area contributed by atoms with Crippen molar-refractivity contribution in [2.24, 2.45) is 10.9 Å². The summed E-state index contributed by atoms with van der Waals surface area (Å²) < 4.78 is 34.8. The first-order valence-electron chi connectivity index (χ1n) is 11.7. The van der Waals surface area contributed by atoms with E-state index in [2.05, 4.69) is 20.1 Å². The summed E-state index contributed by atoms with van der Waals surface area (Å²) in [6.07, 6.45) is 1.87. The molecule has 0 amide bonds. The van der Waals surface area contributed by atoms with Gasteiger partial charge in [0.1, 0.15) is 11.6 Å². The number of piperidine rings is 1. The van der Waals surface area contributed by atoms with Crippen LogP contribution in [-0.2, 0) is 4.74 Å². The molecule has 5 nitrogen and oxygen atoms in total. The lowest BCUT2D eigenvalue weighted by molar-refractivity contribution is 0.0330. The molecule has 2 fully saturated rings. The zero-order valence-electron chi connectivity index (χ0n) is 18.9. The second-order valence-corrected chi connectivity index (χ2v) is 9.32. The van der Waals surface area contributed by atoms with Crippen LogP contribution in [0, 0.1) is 17.6 Å². The molecule has 2 aromatic carbocycles. The molecule has 0 bridgehead atoms. The lowest BCUT2D eigenvalue weighted by Crippen LogP contribution is -2.53. The summed E-state index contributed by atoms with van der Waals surface area (Å²) in [6, 6.07) is 13.2. The van der Waals surface area contributed by atoms with Crippen molar-refractivity contribution in [2.45, 2.75) is 6.04 Å². The number of aliphatic imine (C=N–C) groups is 1. The van der Waals surface area contributed by atoms with Crippen molar-refractivity contribution in [2.75, 3.05) is 52.5 Å². The van der Waals surface area contributed by atoms with E-state index in [1.165, 1.54) is 12.1 Å². The van der Waals surface area contributed by atoms with Gasteiger partial charge in [0.15, 0.2) is 5.11 Å². The number of halogens is 2. The molecule has 1 N–H and O–H groups in total. The first-order valence-corrected chi connectivity index (χ1v) is 12.1. The number of nitrogens with one attached hydrogen (secondary N) is 1. The van der Waals surface area contributed by atoms with Crippen molar-refractivity contribution in [3.8, 4) is 0 Å². The van der Waals surface area contributed by atoms with Crippen LogP contribution in [0.15, 0.2) is 59.1 Å². The summed E-state index contributed by atoms with van der Waals surface area (Å²) in [5.74, 6) is -0.658. The minimum absolute atomic E-state index is 0.111. The Balaban J connectivity index is 1.48. The largest absolute Gasteiger partial charge is 0.379 e. The maximum atomic E-state index is 14.8. The van der Waals surface area contributed by atoms with Gasteiger partial charge in [-0.2, -0.15) is 0 Å². The summed E-state index contributed by atoms with van der Waals surface area (Å²) >= 11 is 5.45. The van der Waals surface area contributed by atoms with Gasteiger partial charge < -0.3 is 10.1 Å². The number of hydrogen-bond acceptors (Lipinski definition) is 4. The van der Waals surface area contributed by atoms with E-state index < -0.39 is 0 Å². The summed E-state index contributed by atoms with van der Waals surface area (Å²) in [4.78, 5) is 9.43. The number of morpholine rings is 1. The van der Waals surface area contributed by atoms with Gasteiger partial charge in [0.05, 0.1) is 25.0 Å². The Hall–Kier alpha value is -2.52. The Morgan fingerprint density at radius 3 is 2.47 bits per heavy atom. The van der Waals surface area contributed by atoms with E-state index in [-0.39, 0.29) is 23.6 Å². The standard InChI is InChI=1S/C26H28F2N4OS/c27-22-7-3-1-5-18(22)15-19-16-32(10-9-31-11-13-33-14-12-31)17-21-24(19)29-26(34)30-25(21)20-6-2-4-8-23(20)28/h1-8,15,21,25H,9-14,16-17H2,(H,30,34)/b19-15+. The molecule has 8 heteroatoms. The lowest BCUT2D eigenvalue weighted by Gasteiger charge is -2.43. The first kappa shape index (κ1) is 23.2. The van der Waals surface area contributed by atoms with E-state index in [9.17, 15) is 8.78 Å². The molecule has 2 atom stereocenters. The van der Waals surface area contributed by atoms with Crippen LogP contribution >= 0.6 is 12.2 Å². The Kier molecular flexibility index (Phi) is 7.10. The molecule has 5 rings (SSSR count). The van der Waals surface area contributed by atoms with E-state index in [4.69, 9.17) is 17.0 Å². The highest BCUT2D eigenvalue weighted by molar-refractivity contribution is 7.80. The van der Waals surface area contributed by atoms with Crippen molar-refractivity contribution < 1.29 is 13.5 Å². The average molecular weight is 483 g/mol. The third-order valence-electron chi connectivity index (χ3n) is 6.74. The third kappa shape index (κ3) is 5.10. The predicted molar refractivity (Wildman–Crippen MR) is 134 cm³/mol. The fourth-order valence-corrected chi connectivity index (χ4v) is 5.21. The zero-order valence-corrected chi connectivity index (χ0v) is 19.7. The topological polar surface area (TPSA) is 40.1 Å². The van der Waals surface area contributed by atoms with E-state index >= 15 is 0 Å². The third-order valence-corrected chi connectivity index (χ3v) is 6.95. The van der Waals surface area contributed by atoms with Crippen LogP contribution in [0.1, 0.15) is 17.2 Å². The van der Waals surface area contributed by atoms with Crippen LogP contribution in [0.25, 0.3) is 6.08 Å². The second kappa shape index (κ2) is 10.4. The number of likely N-dealkylation sites (tertiary alicyclic amines) is 1. The molecule has 3 aliphatic heterocycles. The van der Waals surface area contributed by atoms with Gasteiger partial charge in [-0.25, -0.2) is 13.8 Å². The van der Waals surface area contributed by atoms with Gasteiger partial charge in [0.2, 0.25) is 0 Å². The number of fused-ring (bicyclic) bond motifs is 1. The molecule has 2 aromatic rings. The monoisotopic (exact) mass is 482 g/mol. The van der Waals surface area contributed by atoms with Crippen molar-refractivity contribution in [1.82, 2.24) is 15.1 Å².